The van der Waals surface area contributed by atoms with Gasteiger partial charge in [0.15, 0.2) is 0 Å². The summed E-state index contributed by atoms with van der Waals surface area (Å²) in [7, 11) is 0. The number of hydrogen-bond donors (Lipinski definition) is 3. The molecular formula is C62H113NO3. The molecule has 0 aliphatic carbocycles. The number of nitrogens with one attached hydrogen (secondary N) is 1. The first-order valence-corrected chi connectivity index (χ1v) is 29.2. The average Bonchev–Trinajstić information content (AvgIpc) is 3.32. The van der Waals surface area contributed by atoms with E-state index >= 15 is 0 Å². The molecule has 0 aromatic heterocycles. The lowest BCUT2D eigenvalue weighted by atomic mass is 10.0. The van der Waals surface area contributed by atoms with Gasteiger partial charge in [-0.2, -0.15) is 0 Å². The highest BCUT2D eigenvalue weighted by atomic mass is 16.3. The molecule has 0 aliphatic heterocycles. The van der Waals surface area contributed by atoms with E-state index in [0.29, 0.717) is 6.42 Å². The van der Waals surface area contributed by atoms with Crippen LogP contribution in [0.4, 0.5) is 0 Å². The molecule has 3 N–H and O–H groups in total. The minimum atomic E-state index is -0.864. The smallest absolute Gasteiger partial charge is 0.220 e. The molecule has 66 heavy (non-hydrogen) atoms. The van der Waals surface area contributed by atoms with Gasteiger partial charge in [-0.05, 0) is 70.6 Å². The van der Waals surface area contributed by atoms with Crippen LogP contribution in [0.15, 0.2) is 72.9 Å². The van der Waals surface area contributed by atoms with Crippen molar-refractivity contribution in [2.24, 2.45) is 0 Å². The first-order chi connectivity index (χ1) is 32.7. The van der Waals surface area contributed by atoms with Gasteiger partial charge < -0.3 is 15.5 Å². The van der Waals surface area contributed by atoms with Gasteiger partial charge in [-0.1, -0.05) is 292 Å². The molecule has 4 nitrogen and oxygen atoms in total. The van der Waals surface area contributed by atoms with E-state index in [-0.39, 0.29) is 12.5 Å². The van der Waals surface area contributed by atoms with E-state index in [4.69, 9.17) is 0 Å². The van der Waals surface area contributed by atoms with Crippen LogP contribution in [-0.4, -0.2) is 34.9 Å². The predicted octanol–water partition coefficient (Wildman–Crippen LogP) is 19.4. The largest absolute Gasteiger partial charge is 0.394 e. The number of aliphatic hydroxyl groups is 2. The fourth-order valence-electron chi connectivity index (χ4n) is 8.78. The molecule has 0 aliphatic rings. The zero-order valence-electron chi connectivity index (χ0n) is 44.2. The zero-order valence-corrected chi connectivity index (χ0v) is 44.2. The molecule has 2 atom stereocenters. The molecular weight excluding hydrogens is 807 g/mol. The quantitative estimate of drug-likeness (QED) is 0.0421. The van der Waals surface area contributed by atoms with Crippen LogP contribution in [0.1, 0.15) is 296 Å². The van der Waals surface area contributed by atoms with Crippen LogP contribution >= 0.6 is 0 Å². The molecule has 0 aromatic carbocycles. The molecule has 384 valence electrons. The highest BCUT2D eigenvalue weighted by Gasteiger charge is 2.18. The summed E-state index contributed by atoms with van der Waals surface area (Å²) in [6.07, 6.45) is 82.2. The van der Waals surface area contributed by atoms with Crippen molar-refractivity contribution in [1.29, 1.82) is 0 Å². The van der Waals surface area contributed by atoms with Crippen molar-refractivity contribution in [2.45, 2.75) is 309 Å². The molecule has 1 amide bonds. The van der Waals surface area contributed by atoms with Crippen molar-refractivity contribution in [3.8, 4) is 0 Å². The van der Waals surface area contributed by atoms with Crippen molar-refractivity contribution < 1.29 is 15.0 Å². The lowest BCUT2D eigenvalue weighted by Crippen LogP contribution is -2.45. The molecule has 2 unspecified atom stereocenters. The maximum atomic E-state index is 12.5. The Morgan fingerprint density at radius 1 is 0.379 bits per heavy atom. The lowest BCUT2D eigenvalue weighted by Gasteiger charge is -2.19. The lowest BCUT2D eigenvalue weighted by molar-refractivity contribution is -0.123. The van der Waals surface area contributed by atoms with E-state index in [1.165, 1.54) is 218 Å². The second-order valence-electron chi connectivity index (χ2n) is 19.7. The Bertz CT molecular complexity index is 1130. The first kappa shape index (κ1) is 63.8. The average molecular weight is 921 g/mol. The maximum absolute atomic E-state index is 12.5. The predicted molar refractivity (Wildman–Crippen MR) is 294 cm³/mol. The Morgan fingerprint density at radius 3 is 1.06 bits per heavy atom. The van der Waals surface area contributed by atoms with Crippen molar-refractivity contribution in [2.75, 3.05) is 6.61 Å². The summed E-state index contributed by atoms with van der Waals surface area (Å²) in [4.78, 5) is 12.5. The zero-order chi connectivity index (χ0) is 47.7. The fourth-order valence-corrected chi connectivity index (χ4v) is 8.78. The molecule has 0 radical (unpaired) electrons. The number of unbranched alkanes of at least 4 members (excludes halogenated alkanes) is 36. The molecule has 0 spiro atoms. The highest BCUT2D eigenvalue weighted by molar-refractivity contribution is 5.76. The first-order valence-electron chi connectivity index (χ1n) is 29.2. The van der Waals surface area contributed by atoms with Gasteiger partial charge in [0.1, 0.15) is 0 Å². The summed E-state index contributed by atoms with van der Waals surface area (Å²) in [5.74, 6) is -0.0707. The van der Waals surface area contributed by atoms with Crippen LogP contribution in [0.2, 0.25) is 0 Å². The van der Waals surface area contributed by atoms with Crippen molar-refractivity contribution in [3.05, 3.63) is 72.9 Å². The second-order valence-corrected chi connectivity index (χ2v) is 19.7. The Hall–Kier alpha value is -2.17. The molecule has 0 rings (SSSR count). The minimum absolute atomic E-state index is 0.0707. The molecule has 0 saturated carbocycles. The van der Waals surface area contributed by atoms with E-state index < -0.39 is 12.1 Å². The maximum Gasteiger partial charge on any atom is 0.220 e. The fraction of sp³-hybridized carbons (Fsp3) is 0.790. The summed E-state index contributed by atoms with van der Waals surface area (Å²) in [6.45, 7) is 4.21. The van der Waals surface area contributed by atoms with Crippen LogP contribution in [0.3, 0.4) is 0 Å². The van der Waals surface area contributed by atoms with Gasteiger partial charge in [0.2, 0.25) is 5.91 Å². The Morgan fingerprint density at radius 2 is 0.682 bits per heavy atom. The number of aliphatic hydroxyl groups excluding tert-OH is 2. The molecule has 0 saturated heterocycles. The van der Waals surface area contributed by atoms with Gasteiger partial charge in [-0.25, -0.2) is 0 Å². The molecule has 0 bridgehead atoms. The third-order valence-corrected chi connectivity index (χ3v) is 13.2. The Kier molecular flexibility index (Phi) is 55.3. The van der Waals surface area contributed by atoms with Crippen LogP contribution in [0.25, 0.3) is 0 Å². The van der Waals surface area contributed by atoms with E-state index in [2.05, 4.69) is 79.9 Å². The van der Waals surface area contributed by atoms with Gasteiger partial charge in [0.25, 0.3) is 0 Å². The highest BCUT2D eigenvalue weighted by Crippen LogP contribution is 2.17. The molecule has 4 heteroatoms. The Balaban J connectivity index is 3.49. The summed E-state index contributed by atoms with van der Waals surface area (Å²) < 4.78 is 0. The third kappa shape index (κ3) is 52.8. The number of amides is 1. The van der Waals surface area contributed by atoms with Crippen LogP contribution in [-0.2, 0) is 4.79 Å². The van der Waals surface area contributed by atoms with Gasteiger partial charge in [0.05, 0.1) is 18.8 Å². The minimum Gasteiger partial charge on any atom is -0.394 e. The molecule has 0 aromatic rings. The standard InChI is InChI=1S/C62H113NO3/c1-3-5-7-9-11-13-15-17-19-21-23-25-26-27-28-29-30-31-32-33-34-35-36-38-40-42-44-46-48-50-52-54-56-58-62(66)63-60(59-64)61(65)57-55-53-51-49-47-45-43-41-39-37-24-22-20-18-16-14-12-10-8-6-4-2/h5,7,11,13,17,19,23,25,47,49,55,57,60-61,64-65H,3-4,6,8-10,12,14-16,18,20-22,24,26-46,48,50-54,56,58-59H2,1-2H3,(H,63,66)/b7-5-,13-11-,19-17-,25-23-,49-47+,57-55+. The second kappa shape index (κ2) is 57.1. The van der Waals surface area contributed by atoms with Crippen molar-refractivity contribution >= 4 is 5.91 Å². The summed E-state index contributed by atoms with van der Waals surface area (Å²) in [5, 5.41) is 23.2. The van der Waals surface area contributed by atoms with Crippen LogP contribution in [0, 0.1) is 0 Å². The van der Waals surface area contributed by atoms with E-state index in [1.54, 1.807) is 6.08 Å². The normalized spacial score (nSPS) is 13.3. The van der Waals surface area contributed by atoms with Crippen LogP contribution < -0.4 is 5.32 Å². The van der Waals surface area contributed by atoms with Crippen molar-refractivity contribution in [1.82, 2.24) is 5.32 Å². The van der Waals surface area contributed by atoms with E-state index in [1.807, 2.05) is 6.08 Å². The van der Waals surface area contributed by atoms with Gasteiger partial charge in [-0.15, -0.1) is 0 Å². The van der Waals surface area contributed by atoms with Gasteiger partial charge in [0, 0.05) is 6.42 Å². The summed E-state index contributed by atoms with van der Waals surface area (Å²) in [6, 6.07) is -0.641. The van der Waals surface area contributed by atoms with Crippen molar-refractivity contribution in [3.63, 3.8) is 0 Å². The third-order valence-electron chi connectivity index (χ3n) is 13.2. The molecule has 0 heterocycles. The number of carbonyl (C=O) groups excluding carboxylic acids is 1. The summed E-state index contributed by atoms with van der Waals surface area (Å²) in [5.41, 5.74) is 0. The van der Waals surface area contributed by atoms with E-state index in [0.717, 1.165) is 57.8 Å². The van der Waals surface area contributed by atoms with E-state index in [9.17, 15) is 15.0 Å². The van der Waals surface area contributed by atoms with Crippen LogP contribution in [0.5, 0.6) is 0 Å². The number of rotatable bonds is 53. The number of allylic oxidation sites excluding steroid dienone is 11. The monoisotopic (exact) mass is 920 g/mol. The number of hydrogen-bond acceptors (Lipinski definition) is 3. The topological polar surface area (TPSA) is 69.6 Å². The SMILES string of the molecule is CC/C=C\C/C=C\C/C=C\C/C=C\CCCCCCCCCCCCCCCCCCCCCCC(=O)NC(CO)C(O)/C=C/CC/C=C/CCCCCCCCCCCCCCCCC. The van der Waals surface area contributed by atoms with Gasteiger partial charge in [-0.3, -0.25) is 4.79 Å². The summed E-state index contributed by atoms with van der Waals surface area (Å²) >= 11 is 0. The van der Waals surface area contributed by atoms with Gasteiger partial charge >= 0.3 is 0 Å². The Labute approximate surface area is 412 Å². The molecule has 0 fully saturated rings. The number of carbonyl (C=O) groups is 1.